The molecule has 2 aromatic rings. The number of carbonyl (C=O) groups is 1. The second kappa shape index (κ2) is 14.0. The number of benzene rings is 2. The fourth-order valence-electron chi connectivity index (χ4n) is 4.66. The zero-order chi connectivity index (χ0) is 25.1. The molecule has 2 aromatic carbocycles. The van der Waals surface area contributed by atoms with Gasteiger partial charge >= 0.3 is 7.60 Å². The van der Waals surface area contributed by atoms with Gasteiger partial charge in [0.25, 0.3) is 0 Å². The van der Waals surface area contributed by atoms with Gasteiger partial charge in [-0.1, -0.05) is 76.1 Å². The van der Waals surface area contributed by atoms with Crippen molar-refractivity contribution < 1.29 is 18.4 Å². The van der Waals surface area contributed by atoms with Crippen LogP contribution in [0.1, 0.15) is 88.3 Å². The van der Waals surface area contributed by atoms with Crippen LogP contribution in [-0.4, -0.2) is 31.8 Å². The smallest absolute Gasteiger partial charge is 0.330 e. The Bertz CT molecular complexity index is 992. The summed E-state index contributed by atoms with van der Waals surface area (Å²) < 4.78 is 24.8. The molecule has 0 bridgehead atoms. The Kier molecular flexibility index (Phi) is 11.0. The third kappa shape index (κ3) is 7.29. The van der Waals surface area contributed by atoms with Gasteiger partial charge in [-0.25, -0.2) is 0 Å². The highest BCUT2D eigenvalue weighted by Crippen LogP contribution is 2.50. The van der Waals surface area contributed by atoms with Crippen LogP contribution in [0.25, 0.3) is 11.1 Å². The molecule has 0 saturated heterocycles. The van der Waals surface area contributed by atoms with Gasteiger partial charge in [0.2, 0.25) is 5.91 Å². The highest BCUT2D eigenvalue weighted by molar-refractivity contribution is 7.53. The summed E-state index contributed by atoms with van der Waals surface area (Å²) in [5.74, 6) is -0.201. The van der Waals surface area contributed by atoms with Gasteiger partial charge in [0.1, 0.15) is 0 Å². The zero-order valence-corrected chi connectivity index (χ0v) is 22.6. The summed E-state index contributed by atoms with van der Waals surface area (Å²) in [7, 11) is -3.07. The quantitative estimate of drug-likeness (QED) is 0.192. The van der Waals surface area contributed by atoms with Crippen molar-refractivity contribution in [2.24, 2.45) is 0 Å². The average Bonchev–Trinajstić information content (AvgIpc) is 3.21. The lowest BCUT2D eigenvalue weighted by Crippen LogP contribution is -2.30. The Balaban J connectivity index is 1.71. The van der Waals surface area contributed by atoms with Crippen LogP contribution in [0.5, 0.6) is 0 Å². The van der Waals surface area contributed by atoms with Crippen molar-refractivity contribution in [3.63, 3.8) is 0 Å². The van der Waals surface area contributed by atoms with E-state index in [0.717, 1.165) is 73.6 Å². The second-order valence-electron chi connectivity index (χ2n) is 9.35. The van der Waals surface area contributed by atoms with Crippen molar-refractivity contribution in [2.45, 2.75) is 78.1 Å². The van der Waals surface area contributed by atoms with Gasteiger partial charge in [-0.05, 0) is 66.3 Å². The Morgan fingerprint density at radius 3 is 2.23 bits per heavy atom. The minimum atomic E-state index is -3.07. The molecule has 0 aliphatic heterocycles. The first-order valence-corrected chi connectivity index (χ1v) is 15.1. The summed E-state index contributed by atoms with van der Waals surface area (Å²) in [4.78, 5) is 13.2. The van der Waals surface area contributed by atoms with Crippen molar-refractivity contribution >= 4 is 13.5 Å². The van der Waals surface area contributed by atoms with Gasteiger partial charge in [-0.2, -0.15) is 0 Å². The lowest BCUT2D eigenvalue weighted by Gasteiger charge is -2.19. The summed E-state index contributed by atoms with van der Waals surface area (Å²) in [6.07, 6.45) is 7.60. The molecule has 192 valence electrons. The predicted molar refractivity (Wildman–Crippen MR) is 144 cm³/mol. The second-order valence-corrected chi connectivity index (χ2v) is 11.5. The molecule has 1 amide bonds. The molecular weight excluding hydrogens is 457 g/mol. The summed E-state index contributed by atoms with van der Waals surface area (Å²) in [5, 5.41) is 3.11. The summed E-state index contributed by atoms with van der Waals surface area (Å²) in [6, 6.07) is 14.6. The topological polar surface area (TPSA) is 64.6 Å². The van der Waals surface area contributed by atoms with Crippen LogP contribution in [0.4, 0.5) is 0 Å². The van der Waals surface area contributed by atoms with Gasteiger partial charge in [0.15, 0.2) is 0 Å². The monoisotopic (exact) mass is 499 g/mol. The number of nitrogens with one attached hydrogen (secondary N) is 1. The van der Waals surface area contributed by atoms with Crippen LogP contribution >= 0.6 is 7.60 Å². The normalized spacial score (nSPS) is 14.5. The highest BCUT2D eigenvalue weighted by Gasteiger charge is 2.35. The molecule has 1 unspecified atom stereocenters. The lowest BCUT2D eigenvalue weighted by molar-refractivity contribution is -0.121. The van der Waals surface area contributed by atoms with E-state index in [1.165, 1.54) is 5.56 Å². The van der Waals surface area contributed by atoms with Crippen molar-refractivity contribution in [1.29, 1.82) is 0 Å². The van der Waals surface area contributed by atoms with Crippen LogP contribution in [0.3, 0.4) is 0 Å². The summed E-state index contributed by atoms with van der Waals surface area (Å²) in [6.45, 7) is 7.91. The molecule has 1 N–H and O–H groups in total. The van der Waals surface area contributed by atoms with E-state index in [2.05, 4.69) is 56.4 Å². The molecule has 6 heteroatoms. The van der Waals surface area contributed by atoms with Crippen molar-refractivity contribution in [2.75, 3.05) is 25.9 Å². The number of fused-ring (bicyclic) bond motifs is 3. The van der Waals surface area contributed by atoms with Crippen LogP contribution in [0.2, 0.25) is 0 Å². The minimum absolute atomic E-state index is 0.0728. The number of hydrogen-bond donors (Lipinski definition) is 1. The lowest BCUT2D eigenvalue weighted by atomic mass is 9.90. The zero-order valence-electron chi connectivity index (χ0n) is 21.7. The average molecular weight is 500 g/mol. The molecule has 0 heterocycles. The Hall–Kier alpha value is -1.94. The fraction of sp³-hybridized carbons (Fsp3) is 0.552. The van der Waals surface area contributed by atoms with Gasteiger partial charge in [-0.3, -0.25) is 9.36 Å². The van der Waals surface area contributed by atoms with Crippen LogP contribution in [-0.2, 0) is 24.8 Å². The van der Waals surface area contributed by atoms with Gasteiger partial charge in [-0.15, -0.1) is 0 Å². The molecule has 0 fully saturated rings. The van der Waals surface area contributed by atoms with Crippen molar-refractivity contribution in [3.8, 4) is 11.1 Å². The maximum Gasteiger partial charge on any atom is 0.330 e. The molecule has 35 heavy (non-hydrogen) atoms. The van der Waals surface area contributed by atoms with Crippen LogP contribution < -0.4 is 5.32 Å². The third-order valence-corrected chi connectivity index (χ3v) is 8.57. The van der Waals surface area contributed by atoms with E-state index in [9.17, 15) is 9.36 Å². The third-order valence-electron chi connectivity index (χ3n) is 6.56. The Labute approximate surface area is 211 Å². The van der Waals surface area contributed by atoms with Gasteiger partial charge < -0.3 is 14.4 Å². The first kappa shape index (κ1) is 27.6. The predicted octanol–water partition coefficient (Wildman–Crippen LogP) is 7.47. The van der Waals surface area contributed by atoms with E-state index in [4.69, 9.17) is 9.05 Å². The molecule has 1 aliphatic rings. The Morgan fingerprint density at radius 1 is 0.857 bits per heavy atom. The molecule has 0 radical (unpaired) electrons. The first-order valence-electron chi connectivity index (χ1n) is 13.4. The number of amides is 1. The molecule has 0 spiro atoms. The van der Waals surface area contributed by atoms with Gasteiger partial charge in [0.05, 0.1) is 25.3 Å². The van der Waals surface area contributed by atoms with E-state index in [1.807, 2.05) is 12.1 Å². The van der Waals surface area contributed by atoms with Crippen molar-refractivity contribution in [3.05, 3.63) is 59.2 Å². The SMILES string of the molecule is CCCCOP(=O)(CCCCc1cccc2c1C(C(=O)NCCC)c1ccccc1-2)OCCCC. The van der Waals surface area contributed by atoms with E-state index in [1.54, 1.807) is 0 Å². The standard InChI is InChI=1S/C29H42NO4P/c1-4-7-20-33-35(32,34-21-8-5-2)22-12-11-14-23-15-13-18-25-24-16-9-10-17-26(24)28(27(23)25)29(31)30-19-6-3/h9-10,13,15-18,28H,4-8,11-12,14,19-22H2,1-3H3,(H,30,31). The number of carbonyl (C=O) groups excluding carboxylic acids is 1. The molecule has 0 saturated carbocycles. The molecule has 0 aromatic heterocycles. The summed E-state index contributed by atoms with van der Waals surface area (Å²) in [5.41, 5.74) is 5.72. The minimum Gasteiger partial charge on any atom is -0.355 e. The van der Waals surface area contributed by atoms with Crippen molar-refractivity contribution in [1.82, 2.24) is 5.32 Å². The molecule has 3 rings (SSSR count). The largest absolute Gasteiger partial charge is 0.355 e. The number of aryl methyl sites for hydroxylation is 1. The number of unbranched alkanes of at least 4 members (excludes halogenated alkanes) is 3. The molecule has 1 aliphatic carbocycles. The van der Waals surface area contributed by atoms with E-state index < -0.39 is 7.60 Å². The fourth-order valence-corrected chi connectivity index (χ4v) is 6.42. The number of rotatable bonds is 16. The van der Waals surface area contributed by atoms with E-state index >= 15 is 0 Å². The molecule has 5 nitrogen and oxygen atoms in total. The summed E-state index contributed by atoms with van der Waals surface area (Å²) >= 11 is 0. The maximum absolute atomic E-state index is 13.3. The highest BCUT2D eigenvalue weighted by atomic mass is 31.2. The number of hydrogen-bond acceptors (Lipinski definition) is 4. The van der Waals surface area contributed by atoms with E-state index in [0.29, 0.717) is 25.9 Å². The Morgan fingerprint density at radius 2 is 1.54 bits per heavy atom. The van der Waals surface area contributed by atoms with Crippen LogP contribution in [0, 0.1) is 0 Å². The van der Waals surface area contributed by atoms with Crippen LogP contribution in [0.15, 0.2) is 42.5 Å². The maximum atomic E-state index is 13.3. The first-order chi connectivity index (χ1) is 17.0. The van der Waals surface area contributed by atoms with Gasteiger partial charge in [0, 0.05) is 6.54 Å². The molecule has 1 atom stereocenters. The van der Waals surface area contributed by atoms with E-state index in [-0.39, 0.29) is 11.8 Å². The molecular formula is C29H42NO4P.